The van der Waals surface area contributed by atoms with Gasteiger partial charge in [0.05, 0.1) is 12.2 Å². The molecule has 2 aromatic rings. The number of guanidine groups is 1. The molecule has 5 nitrogen and oxygen atoms in total. The molecule has 0 saturated heterocycles. The lowest BCUT2D eigenvalue weighted by atomic mass is 10.3. The number of aromatic nitrogens is 2. The Morgan fingerprint density at radius 1 is 1.42 bits per heavy atom. The topological polar surface area (TPSA) is 65.1 Å². The predicted octanol–water partition coefficient (Wildman–Crippen LogP) is 1.77. The van der Waals surface area contributed by atoms with Gasteiger partial charge in [0, 0.05) is 24.2 Å². The Morgan fingerprint density at radius 2 is 2.37 bits per heavy atom. The molecule has 0 aliphatic rings. The third kappa shape index (κ3) is 4.75. The average molecular weight is 277 g/mol. The zero-order valence-electron chi connectivity index (χ0n) is 11.0. The van der Waals surface area contributed by atoms with Crippen LogP contribution in [0.5, 0.6) is 0 Å². The van der Waals surface area contributed by atoms with E-state index in [4.69, 9.17) is 0 Å². The standard InChI is InChI=1S/C13H19N5S/c1-2-14-13(16-10-11-5-8-17-18-11)15-7-6-12-4-3-9-19-12/h3-5,8-9H,2,6-7,10H2,1H3,(H,17,18)(H2,14,15,16). The normalized spacial score (nSPS) is 11.5. The maximum atomic E-state index is 4.50. The first kappa shape index (κ1) is 13.6. The number of H-pyrrole nitrogens is 1. The van der Waals surface area contributed by atoms with E-state index in [1.165, 1.54) is 4.88 Å². The van der Waals surface area contributed by atoms with Crippen LogP contribution in [0.15, 0.2) is 34.8 Å². The van der Waals surface area contributed by atoms with E-state index >= 15 is 0 Å². The highest BCUT2D eigenvalue weighted by Crippen LogP contribution is 2.07. The van der Waals surface area contributed by atoms with Crippen molar-refractivity contribution in [3.63, 3.8) is 0 Å². The molecule has 2 aromatic heterocycles. The molecule has 2 rings (SSSR count). The maximum absolute atomic E-state index is 4.50. The summed E-state index contributed by atoms with van der Waals surface area (Å²) >= 11 is 1.79. The lowest BCUT2D eigenvalue weighted by Crippen LogP contribution is -2.38. The summed E-state index contributed by atoms with van der Waals surface area (Å²) in [4.78, 5) is 5.89. The van der Waals surface area contributed by atoms with Crippen molar-refractivity contribution in [2.24, 2.45) is 4.99 Å². The monoisotopic (exact) mass is 277 g/mol. The van der Waals surface area contributed by atoms with Crippen LogP contribution in [0.3, 0.4) is 0 Å². The third-order valence-corrected chi connectivity index (χ3v) is 3.49. The van der Waals surface area contributed by atoms with Crippen LogP contribution in [0.2, 0.25) is 0 Å². The summed E-state index contributed by atoms with van der Waals surface area (Å²) in [6.07, 6.45) is 2.76. The molecule has 0 atom stereocenters. The summed E-state index contributed by atoms with van der Waals surface area (Å²) in [5, 5.41) is 15.5. The van der Waals surface area contributed by atoms with Gasteiger partial charge in [-0.25, -0.2) is 4.99 Å². The first-order chi connectivity index (χ1) is 9.38. The molecule has 0 radical (unpaired) electrons. The van der Waals surface area contributed by atoms with Crippen LogP contribution in [-0.4, -0.2) is 29.2 Å². The van der Waals surface area contributed by atoms with Crippen molar-refractivity contribution in [1.82, 2.24) is 20.8 Å². The van der Waals surface area contributed by atoms with E-state index in [2.05, 4.69) is 50.3 Å². The van der Waals surface area contributed by atoms with Crippen LogP contribution in [0, 0.1) is 0 Å². The molecule has 0 unspecified atom stereocenters. The molecule has 102 valence electrons. The van der Waals surface area contributed by atoms with Gasteiger partial charge in [0.25, 0.3) is 0 Å². The van der Waals surface area contributed by atoms with E-state index in [0.29, 0.717) is 6.54 Å². The molecule has 0 aliphatic carbocycles. The smallest absolute Gasteiger partial charge is 0.191 e. The molecule has 0 aromatic carbocycles. The summed E-state index contributed by atoms with van der Waals surface area (Å²) in [6.45, 7) is 4.41. The van der Waals surface area contributed by atoms with Gasteiger partial charge in [-0.2, -0.15) is 5.10 Å². The molecule has 6 heteroatoms. The second-order valence-corrected chi connectivity index (χ2v) is 5.07. The van der Waals surface area contributed by atoms with Crippen molar-refractivity contribution in [3.8, 4) is 0 Å². The number of hydrogen-bond donors (Lipinski definition) is 3. The van der Waals surface area contributed by atoms with E-state index in [9.17, 15) is 0 Å². The van der Waals surface area contributed by atoms with E-state index < -0.39 is 0 Å². The summed E-state index contributed by atoms with van der Waals surface area (Å²) in [7, 11) is 0. The highest BCUT2D eigenvalue weighted by atomic mass is 32.1. The van der Waals surface area contributed by atoms with Gasteiger partial charge < -0.3 is 10.6 Å². The number of nitrogens with one attached hydrogen (secondary N) is 3. The molecule has 0 fully saturated rings. The Balaban J connectivity index is 1.79. The summed E-state index contributed by atoms with van der Waals surface area (Å²) in [5.74, 6) is 0.841. The van der Waals surface area contributed by atoms with Crippen molar-refractivity contribution >= 4 is 17.3 Å². The fourth-order valence-electron chi connectivity index (χ4n) is 1.64. The highest BCUT2D eigenvalue weighted by Gasteiger charge is 1.99. The first-order valence-electron chi connectivity index (χ1n) is 6.41. The third-order valence-electron chi connectivity index (χ3n) is 2.55. The average Bonchev–Trinajstić information content (AvgIpc) is 3.09. The van der Waals surface area contributed by atoms with Crippen LogP contribution in [0.25, 0.3) is 0 Å². The number of thiophene rings is 1. The second-order valence-electron chi connectivity index (χ2n) is 4.03. The number of aliphatic imine (C=N–C) groups is 1. The molecule has 3 N–H and O–H groups in total. The zero-order valence-corrected chi connectivity index (χ0v) is 11.8. The first-order valence-corrected chi connectivity index (χ1v) is 7.29. The minimum absolute atomic E-state index is 0.605. The van der Waals surface area contributed by atoms with Gasteiger partial charge in [-0.15, -0.1) is 11.3 Å². The second kappa shape index (κ2) is 7.58. The van der Waals surface area contributed by atoms with E-state index in [1.54, 1.807) is 17.5 Å². The Hall–Kier alpha value is -1.82. The SMILES string of the molecule is CCNC(=NCc1ccn[nH]1)NCCc1cccs1. The van der Waals surface area contributed by atoms with E-state index in [1.807, 2.05) is 6.07 Å². The van der Waals surface area contributed by atoms with Crippen molar-refractivity contribution in [2.45, 2.75) is 19.9 Å². The Labute approximate surface area is 117 Å². The van der Waals surface area contributed by atoms with Crippen molar-refractivity contribution in [1.29, 1.82) is 0 Å². The van der Waals surface area contributed by atoms with E-state index in [-0.39, 0.29) is 0 Å². The summed E-state index contributed by atoms with van der Waals surface area (Å²) in [5.41, 5.74) is 1.01. The van der Waals surface area contributed by atoms with Crippen molar-refractivity contribution in [2.75, 3.05) is 13.1 Å². The molecular formula is C13H19N5S. The number of rotatable bonds is 6. The largest absolute Gasteiger partial charge is 0.357 e. The molecule has 0 bridgehead atoms. The molecule has 0 amide bonds. The number of nitrogens with zero attached hydrogens (tertiary/aromatic N) is 2. The fraction of sp³-hybridized carbons (Fsp3) is 0.385. The minimum atomic E-state index is 0.605. The Kier molecular flexibility index (Phi) is 5.43. The number of aromatic amines is 1. The lowest BCUT2D eigenvalue weighted by Gasteiger charge is -2.10. The molecule has 0 spiro atoms. The predicted molar refractivity (Wildman–Crippen MR) is 79.4 cm³/mol. The molecule has 0 saturated carbocycles. The molecule has 19 heavy (non-hydrogen) atoms. The van der Waals surface area contributed by atoms with Gasteiger partial charge in [-0.3, -0.25) is 5.10 Å². The maximum Gasteiger partial charge on any atom is 0.191 e. The van der Waals surface area contributed by atoms with Crippen LogP contribution in [0.4, 0.5) is 0 Å². The molecular weight excluding hydrogens is 258 g/mol. The number of hydrogen-bond acceptors (Lipinski definition) is 3. The van der Waals surface area contributed by atoms with Gasteiger partial charge in [-0.1, -0.05) is 6.07 Å². The van der Waals surface area contributed by atoms with Gasteiger partial charge in [0.1, 0.15) is 0 Å². The lowest BCUT2D eigenvalue weighted by molar-refractivity contribution is 0.800. The summed E-state index contributed by atoms with van der Waals surface area (Å²) < 4.78 is 0. The molecule has 0 aliphatic heterocycles. The minimum Gasteiger partial charge on any atom is -0.357 e. The van der Waals surface area contributed by atoms with Crippen LogP contribution < -0.4 is 10.6 Å². The Bertz CT molecular complexity index is 475. The van der Waals surface area contributed by atoms with Crippen LogP contribution >= 0.6 is 11.3 Å². The van der Waals surface area contributed by atoms with Crippen molar-refractivity contribution in [3.05, 3.63) is 40.3 Å². The Morgan fingerprint density at radius 3 is 3.05 bits per heavy atom. The highest BCUT2D eigenvalue weighted by molar-refractivity contribution is 7.09. The van der Waals surface area contributed by atoms with Crippen molar-refractivity contribution < 1.29 is 0 Å². The van der Waals surface area contributed by atoms with Crippen LogP contribution in [0.1, 0.15) is 17.5 Å². The van der Waals surface area contributed by atoms with Crippen LogP contribution in [-0.2, 0) is 13.0 Å². The van der Waals surface area contributed by atoms with Gasteiger partial charge in [0.15, 0.2) is 5.96 Å². The quantitative estimate of drug-likeness (QED) is 0.557. The van der Waals surface area contributed by atoms with Gasteiger partial charge in [0.2, 0.25) is 0 Å². The van der Waals surface area contributed by atoms with Gasteiger partial charge in [-0.05, 0) is 30.9 Å². The summed E-state index contributed by atoms with van der Waals surface area (Å²) in [6, 6.07) is 6.16. The zero-order chi connectivity index (χ0) is 13.3. The molecule has 2 heterocycles. The fourth-order valence-corrected chi connectivity index (χ4v) is 2.35. The van der Waals surface area contributed by atoms with E-state index in [0.717, 1.165) is 31.2 Å². The van der Waals surface area contributed by atoms with Gasteiger partial charge >= 0.3 is 0 Å².